The molecule has 3 unspecified atom stereocenters. The smallest absolute Gasteiger partial charge is 0.178 e. The Balaban J connectivity index is 1.48. The van der Waals surface area contributed by atoms with Crippen molar-refractivity contribution in [1.29, 1.82) is 0 Å². The van der Waals surface area contributed by atoms with Crippen LogP contribution in [0.1, 0.15) is 33.1 Å². The van der Waals surface area contributed by atoms with Crippen LogP contribution in [0.2, 0.25) is 0 Å². The minimum atomic E-state index is -3.16. The summed E-state index contributed by atoms with van der Waals surface area (Å²) in [5.74, 6) is 0.228. The lowest BCUT2D eigenvalue weighted by atomic mass is 10.1. The molecular weight excluding hydrogens is 348 g/mol. The average Bonchev–Trinajstić information content (AvgIpc) is 3.02. The van der Waals surface area contributed by atoms with E-state index in [0.29, 0.717) is 29.6 Å². The highest BCUT2D eigenvalue weighted by atomic mass is 32.2. The maximum absolute atomic E-state index is 12.4. The summed E-state index contributed by atoms with van der Waals surface area (Å²) in [6.07, 6.45) is 3.72. The van der Waals surface area contributed by atoms with Crippen molar-refractivity contribution < 1.29 is 13.2 Å². The molecule has 6 heteroatoms. The van der Waals surface area contributed by atoms with E-state index in [2.05, 4.69) is 23.6 Å². The summed E-state index contributed by atoms with van der Waals surface area (Å²) < 4.78 is 30.7. The van der Waals surface area contributed by atoms with E-state index in [1.807, 2.05) is 6.07 Å². The second-order valence-corrected chi connectivity index (χ2v) is 9.90. The van der Waals surface area contributed by atoms with Crippen LogP contribution in [0.4, 0.5) is 0 Å². The fourth-order valence-corrected chi connectivity index (χ4v) is 5.65. The van der Waals surface area contributed by atoms with Crippen molar-refractivity contribution in [3.63, 3.8) is 0 Å². The predicted octanol–water partition coefficient (Wildman–Crippen LogP) is 2.42. The molecule has 26 heavy (non-hydrogen) atoms. The van der Waals surface area contributed by atoms with Crippen LogP contribution in [0.5, 0.6) is 0 Å². The minimum absolute atomic E-state index is 0.228. The minimum Gasteiger partial charge on any atom is -0.373 e. The van der Waals surface area contributed by atoms with Crippen molar-refractivity contribution >= 4 is 9.84 Å². The van der Waals surface area contributed by atoms with Gasteiger partial charge in [0.15, 0.2) is 9.84 Å². The van der Waals surface area contributed by atoms with Crippen molar-refractivity contribution in [2.75, 3.05) is 38.5 Å². The molecule has 2 heterocycles. The summed E-state index contributed by atoms with van der Waals surface area (Å²) in [4.78, 5) is 5.45. The SMILES string of the molecule is CC1CN(CC2CCCN2CCCS(=O)(=O)c2ccccc2)CC(C)O1. The first kappa shape index (κ1) is 19.8. The van der Waals surface area contributed by atoms with Gasteiger partial charge in [-0.05, 0) is 58.3 Å². The molecule has 0 radical (unpaired) electrons. The number of morpholine rings is 1. The summed E-state index contributed by atoms with van der Waals surface area (Å²) in [7, 11) is -3.16. The third kappa shape index (κ3) is 5.28. The van der Waals surface area contributed by atoms with Crippen LogP contribution >= 0.6 is 0 Å². The molecule has 2 saturated heterocycles. The molecule has 2 aliphatic rings. The first-order valence-electron chi connectivity index (χ1n) is 9.84. The number of rotatable bonds is 7. The van der Waals surface area contributed by atoms with E-state index in [0.717, 1.165) is 32.7 Å². The average molecular weight is 381 g/mol. The van der Waals surface area contributed by atoms with Crippen LogP contribution in [0, 0.1) is 0 Å². The second kappa shape index (κ2) is 8.83. The Morgan fingerprint density at radius 2 is 1.81 bits per heavy atom. The molecule has 0 aromatic heterocycles. The normalized spacial score (nSPS) is 28.5. The highest BCUT2D eigenvalue weighted by molar-refractivity contribution is 7.91. The van der Waals surface area contributed by atoms with Gasteiger partial charge in [-0.2, -0.15) is 0 Å². The monoisotopic (exact) mass is 380 g/mol. The Morgan fingerprint density at radius 3 is 2.50 bits per heavy atom. The van der Waals surface area contributed by atoms with Gasteiger partial charge in [-0.15, -0.1) is 0 Å². The van der Waals surface area contributed by atoms with Crippen LogP contribution in [0.3, 0.4) is 0 Å². The van der Waals surface area contributed by atoms with Gasteiger partial charge in [-0.1, -0.05) is 18.2 Å². The van der Waals surface area contributed by atoms with Gasteiger partial charge >= 0.3 is 0 Å². The largest absolute Gasteiger partial charge is 0.373 e. The quantitative estimate of drug-likeness (QED) is 0.727. The van der Waals surface area contributed by atoms with Gasteiger partial charge in [-0.25, -0.2) is 8.42 Å². The Hall–Kier alpha value is -0.950. The van der Waals surface area contributed by atoms with E-state index in [9.17, 15) is 8.42 Å². The van der Waals surface area contributed by atoms with Crippen LogP contribution in [-0.4, -0.2) is 74.9 Å². The maximum Gasteiger partial charge on any atom is 0.178 e. The first-order valence-corrected chi connectivity index (χ1v) is 11.5. The third-order valence-corrected chi connectivity index (χ3v) is 7.24. The van der Waals surface area contributed by atoms with E-state index in [4.69, 9.17) is 4.74 Å². The molecule has 1 aromatic carbocycles. The van der Waals surface area contributed by atoms with Crippen molar-refractivity contribution in [2.45, 2.75) is 56.3 Å². The molecule has 0 spiro atoms. The number of benzene rings is 1. The molecule has 0 bridgehead atoms. The number of ether oxygens (including phenoxy) is 1. The molecule has 2 aliphatic heterocycles. The van der Waals surface area contributed by atoms with E-state index >= 15 is 0 Å². The van der Waals surface area contributed by atoms with Crippen LogP contribution < -0.4 is 0 Å². The topological polar surface area (TPSA) is 49.9 Å². The molecular formula is C20H32N2O3S. The number of nitrogens with zero attached hydrogens (tertiary/aromatic N) is 2. The van der Waals surface area contributed by atoms with Gasteiger partial charge in [0, 0.05) is 25.7 Å². The predicted molar refractivity (Wildman–Crippen MR) is 104 cm³/mol. The molecule has 2 fully saturated rings. The molecule has 146 valence electrons. The van der Waals surface area contributed by atoms with Crippen molar-refractivity contribution in [3.05, 3.63) is 30.3 Å². The highest BCUT2D eigenvalue weighted by Crippen LogP contribution is 2.21. The van der Waals surface area contributed by atoms with Gasteiger partial charge in [0.2, 0.25) is 0 Å². The molecule has 5 nitrogen and oxygen atoms in total. The number of hydrogen-bond donors (Lipinski definition) is 0. The van der Waals surface area contributed by atoms with Crippen LogP contribution in [0.25, 0.3) is 0 Å². The zero-order valence-corrected chi connectivity index (χ0v) is 16.8. The Kier molecular flexibility index (Phi) is 6.72. The third-order valence-electron chi connectivity index (χ3n) is 5.42. The van der Waals surface area contributed by atoms with Crippen LogP contribution in [-0.2, 0) is 14.6 Å². The van der Waals surface area contributed by atoms with Gasteiger partial charge in [0.1, 0.15) is 0 Å². The standard InChI is InChI=1S/C20H32N2O3S/c1-17-14-21(15-18(2)25-17)16-19-8-6-11-22(19)12-7-13-26(23,24)20-9-4-3-5-10-20/h3-5,9-10,17-19H,6-8,11-16H2,1-2H3. The van der Waals surface area contributed by atoms with E-state index < -0.39 is 9.84 Å². The van der Waals surface area contributed by atoms with Gasteiger partial charge in [0.25, 0.3) is 0 Å². The van der Waals surface area contributed by atoms with Crippen molar-refractivity contribution in [1.82, 2.24) is 9.80 Å². The Morgan fingerprint density at radius 1 is 1.12 bits per heavy atom. The van der Waals surface area contributed by atoms with E-state index in [1.54, 1.807) is 24.3 Å². The summed E-state index contributed by atoms with van der Waals surface area (Å²) in [5, 5.41) is 0. The van der Waals surface area contributed by atoms with Crippen molar-refractivity contribution in [2.24, 2.45) is 0 Å². The molecule has 0 saturated carbocycles. The Bertz CT molecular complexity index is 655. The summed E-state index contributed by atoms with van der Waals surface area (Å²) >= 11 is 0. The summed E-state index contributed by atoms with van der Waals surface area (Å²) in [6, 6.07) is 9.35. The Labute approximate surface area is 158 Å². The number of sulfone groups is 1. The molecule has 3 rings (SSSR count). The summed E-state index contributed by atoms with van der Waals surface area (Å²) in [6.45, 7) is 9.31. The molecule has 3 atom stereocenters. The number of likely N-dealkylation sites (tertiary alicyclic amines) is 1. The first-order chi connectivity index (χ1) is 12.4. The van der Waals surface area contributed by atoms with Crippen LogP contribution in [0.15, 0.2) is 35.2 Å². The fourth-order valence-electron chi connectivity index (χ4n) is 4.33. The number of hydrogen-bond acceptors (Lipinski definition) is 5. The fraction of sp³-hybridized carbons (Fsp3) is 0.700. The highest BCUT2D eigenvalue weighted by Gasteiger charge is 2.29. The van der Waals surface area contributed by atoms with Gasteiger partial charge in [-0.3, -0.25) is 9.80 Å². The molecule has 0 N–H and O–H groups in total. The second-order valence-electron chi connectivity index (χ2n) is 7.79. The lowest BCUT2D eigenvalue weighted by Crippen LogP contribution is -2.50. The summed E-state index contributed by atoms with van der Waals surface area (Å²) in [5.41, 5.74) is 0. The molecule has 0 aliphatic carbocycles. The molecule has 1 aromatic rings. The van der Waals surface area contributed by atoms with E-state index in [-0.39, 0.29) is 5.75 Å². The maximum atomic E-state index is 12.4. The van der Waals surface area contributed by atoms with E-state index in [1.165, 1.54) is 12.8 Å². The van der Waals surface area contributed by atoms with Gasteiger partial charge in [0.05, 0.1) is 22.9 Å². The molecule has 0 amide bonds. The lowest BCUT2D eigenvalue weighted by Gasteiger charge is -2.38. The zero-order chi connectivity index (χ0) is 18.6. The zero-order valence-electron chi connectivity index (χ0n) is 16.0. The van der Waals surface area contributed by atoms with Gasteiger partial charge < -0.3 is 4.74 Å². The van der Waals surface area contributed by atoms with Crippen molar-refractivity contribution in [3.8, 4) is 0 Å². The lowest BCUT2D eigenvalue weighted by molar-refractivity contribution is -0.0722.